The zero-order chi connectivity index (χ0) is 14.3. The summed E-state index contributed by atoms with van der Waals surface area (Å²) in [5, 5.41) is 12.3. The number of hydrogen-bond acceptors (Lipinski definition) is 3. The summed E-state index contributed by atoms with van der Waals surface area (Å²) in [5.74, 6) is 0.433. The molecule has 0 aliphatic carbocycles. The van der Waals surface area contributed by atoms with Crippen molar-refractivity contribution in [1.82, 2.24) is 5.32 Å². The van der Waals surface area contributed by atoms with Gasteiger partial charge >= 0.3 is 5.97 Å². The van der Waals surface area contributed by atoms with E-state index in [1.54, 1.807) is 13.0 Å². The van der Waals surface area contributed by atoms with Crippen LogP contribution in [-0.2, 0) is 6.54 Å². The molecule has 108 valence electrons. The normalized spacial score (nSPS) is 12.6. The van der Waals surface area contributed by atoms with Gasteiger partial charge in [-0.1, -0.05) is 33.1 Å². The van der Waals surface area contributed by atoms with E-state index in [9.17, 15) is 4.79 Å². The van der Waals surface area contributed by atoms with Crippen LogP contribution in [0.2, 0.25) is 0 Å². The lowest BCUT2D eigenvalue weighted by Crippen LogP contribution is -2.22. The first-order valence-corrected chi connectivity index (χ1v) is 7.11. The minimum atomic E-state index is -1.00. The Bertz CT molecular complexity index is 398. The number of carboxylic acids is 1. The van der Waals surface area contributed by atoms with E-state index in [4.69, 9.17) is 9.52 Å². The number of aryl methyl sites for hydroxylation is 1. The van der Waals surface area contributed by atoms with Gasteiger partial charge in [-0.15, -0.1) is 0 Å². The Balaban J connectivity index is 2.40. The molecule has 4 heteroatoms. The lowest BCUT2D eigenvalue weighted by Gasteiger charge is -2.14. The summed E-state index contributed by atoms with van der Waals surface area (Å²) in [7, 11) is 0. The van der Waals surface area contributed by atoms with Gasteiger partial charge < -0.3 is 14.8 Å². The molecule has 4 nitrogen and oxygen atoms in total. The summed E-state index contributed by atoms with van der Waals surface area (Å²) in [4.78, 5) is 10.9. The van der Waals surface area contributed by atoms with Crippen molar-refractivity contribution < 1.29 is 14.3 Å². The Labute approximate surface area is 115 Å². The molecule has 0 spiro atoms. The summed E-state index contributed by atoms with van der Waals surface area (Å²) in [6, 6.07) is 1.80. The average molecular weight is 267 g/mol. The molecule has 2 N–H and O–H groups in total. The maximum atomic E-state index is 10.9. The topological polar surface area (TPSA) is 62.5 Å². The Kier molecular flexibility index (Phi) is 6.64. The van der Waals surface area contributed by atoms with Crippen molar-refractivity contribution in [3.8, 4) is 0 Å². The van der Waals surface area contributed by atoms with E-state index in [-0.39, 0.29) is 5.76 Å². The number of rotatable bonds is 9. The third kappa shape index (κ3) is 5.07. The minimum Gasteiger partial charge on any atom is -0.475 e. The highest BCUT2D eigenvalue weighted by molar-refractivity contribution is 5.86. The molecule has 1 aromatic rings. The predicted octanol–water partition coefficient (Wildman–Crippen LogP) is 3.59. The van der Waals surface area contributed by atoms with Gasteiger partial charge in [0.1, 0.15) is 5.76 Å². The largest absolute Gasteiger partial charge is 0.475 e. The SMILES string of the molecule is CCCCC(CC)CNCc1cc(C)c(C(=O)O)o1. The van der Waals surface area contributed by atoms with Crippen molar-refractivity contribution in [2.45, 2.75) is 53.0 Å². The highest BCUT2D eigenvalue weighted by Crippen LogP contribution is 2.15. The van der Waals surface area contributed by atoms with Crippen LogP contribution in [0.5, 0.6) is 0 Å². The highest BCUT2D eigenvalue weighted by atomic mass is 16.4. The Morgan fingerprint density at radius 2 is 2.21 bits per heavy atom. The van der Waals surface area contributed by atoms with Crippen LogP contribution in [0.1, 0.15) is 61.4 Å². The number of hydrogen-bond donors (Lipinski definition) is 2. The molecule has 19 heavy (non-hydrogen) atoms. The van der Waals surface area contributed by atoms with Gasteiger partial charge in [0.25, 0.3) is 0 Å². The number of furan rings is 1. The predicted molar refractivity (Wildman–Crippen MR) is 75.4 cm³/mol. The first-order valence-electron chi connectivity index (χ1n) is 7.11. The van der Waals surface area contributed by atoms with E-state index in [1.807, 2.05) is 0 Å². The van der Waals surface area contributed by atoms with Crippen LogP contribution >= 0.6 is 0 Å². The van der Waals surface area contributed by atoms with Crippen LogP contribution in [0.25, 0.3) is 0 Å². The molecule has 0 radical (unpaired) electrons. The van der Waals surface area contributed by atoms with Crippen molar-refractivity contribution in [3.63, 3.8) is 0 Å². The third-order valence-corrected chi connectivity index (χ3v) is 3.44. The first-order chi connectivity index (χ1) is 9.08. The quantitative estimate of drug-likeness (QED) is 0.717. The molecule has 0 bridgehead atoms. The molecule has 1 rings (SSSR count). The average Bonchev–Trinajstić information content (AvgIpc) is 2.75. The van der Waals surface area contributed by atoms with Gasteiger partial charge in [-0.25, -0.2) is 4.79 Å². The van der Waals surface area contributed by atoms with E-state index >= 15 is 0 Å². The Morgan fingerprint density at radius 1 is 1.47 bits per heavy atom. The summed E-state index contributed by atoms with van der Waals surface area (Å²) in [5.41, 5.74) is 0.683. The minimum absolute atomic E-state index is 0.0508. The summed E-state index contributed by atoms with van der Waals surface area (Å²) < 4.78 is 5.31. The van der Waals surface area contributed by atoms with E-state index in [0.29, 0.717) is 23.8 Å². The number of unbranched alkanes of at least 4 members (excludes halogenated alkanes) is 1. The molecule has 0 saturated heterocycles. The molecule has 0 aliphatic rings. The fraction of sp³-hybridized carbons (Fsp3) is 0.667. The second-order valence-corrected chi connectivity index (χ2v) is 5.08. The molecular weight excluding hydrogens is 242 g/mol. The number of carboxylic acid groups (broad SMARTS) is 1. The Morgan fingerprint density at radius 3 is 2.74 bits per heavy atom. The van der Waals surface area contributed by atoms with E-state index < -0.39 is 5.97 Å². The van der Waals surface area contributed by atoms with Crippen molar-refractivity contribution in [1.29, 1.82) is 0 Å². The fourth-order valence-corrected chi connectivity index (χ4v) is 2.19. The van der Waals surface area contributed by atoms with Gasteiger partial charge in [-0.3, -0.25) is 0 Å². The smallest absolute Gasteiger partial charge is 0.372 e. The molecule has 1 atom stereocenters. The molecule has 0 saturated carbocycles. The number of carbonyl (C=O) groups is 1. The van der Waals surface area contributed by atoms with E-state index in [1.165, 1.54) is 25.7 Å². The standard InChI is InChI=1S/C15H25NO3/c1-4-6-7-12(5-2)9-16-10-13-8-11(3)14(19-13)15(17)18/h8,12,16H,4-7,9-10H2,1-3H3,(H,17,18). The lowest BCUT2D eigenvalue weighted by atomic mass is 9.99. The van der Waals surface area contributed by atoms with Gasteiger partial charge in [-0.05, 0) is 31.9 Å². The fourth-order valence-electron chi connectivity index (χ4n) is 2.19. The van der Waals surface area contributed by atoms with E-state index in [2.05, 4.69) is 19.2 Å². The first kappa shape index (κ1) is 15.8. The van der Waals surface area contributed by atoms with Crippen LogP contribution in [0, 0.1) is 12.8 Å². The molecule has 1 heterocycles. The van der Waals surface area contributed by atoms with Gasteiger partial charge in [0.2, 0.25) is 5.76 Å². The van der Waals surface area contributed by atoms with Crippen molar-refractivity contribution >= 4 is 5.97 Å². The molecule has 0 aromatic carbocycles. The van der Waals surface area contributed by atoms with Crippen LogP contribution in [0.4, 0.5) is 0 Å². The second kappa shape index (κ2) is 8.00. The van der Waals surface area contributed by atoms with Gasteiger partial charge in [0.05, 0.1) is 6.54 Å². The molecule has 0 aliphatic heterocycles. The third-order valence-electron chi connectivity index (χ3n) is 3.44. The van der Waals surface area contributed by atoms with Gasteiger partial charge in [0, 0.05) is 5.56 Å². The Hall–Kier alpha value is -1.29. The van der Waals surface area contributed by atoms with Crippen LogP contribution in [0.3, 0.4) is 0 Å². The molecule has 1 aromatic heterocycles. The molecule has 0 fully saturated rings. The second-order valence-electron chi connectivity index (χ2n) is 5.08. The number of nitrogens with one attached hydrogen (secondary N) is 1. The zero-order valence-electron chi connectivity index (χ0n) is 12.2. The van der Waals surface area contributed by atoms with E-state index in [0.717, 1.165) is 6.54 Å². The van der Waals surface area contributed by atoms with Crippen LogP contribution in [0.15, 0.2) is 10.5 Å². The van der Waals surface area contributed by atoms with Crippen LogP contribution < -0.4 is 5.32 Å². The molecule has 1 unspecified atom stereocenters. The maximum absolute atomic E-state index is 10.9. The summed E-state index contributed by atoms with van der Waals surface area (Å²) in [6.45, 7) is 7.72. The monoisotopic (exact) mass is 267 g/mol. The maximum Gasteiger partial charge on any atom is 0.372 e. The van der Waals surface area contributed by atoms with Crippen LogP contribution in [-0.4, -0.2) is 17.6 Å². The summed E-state index contributed by atoms with van der Waals surface area (Å²) in [6.07, 6.45) is 4.92. The highest BCUT2D eigenvalue weighted by Gasteiger charge is 2.14. The molecular formula is C15H25NO3. The van der Waals surface area contributed by atoms with Gasteiger partial charge in [0.15, 0.2) is 0 Å². The summed E-state index contributed by atoms with van der Waals surface area (Å²) >= 11 is 0. The van der Waals surface area contributed by atoms with Gasteiger partial charge in [-0.2, -0.15) is 0 Å². The number of aromatic carboxylic acids is 1. The van der Waals surface area contributed by atoms with Crippen molar-refractivity contribution in [3.05, 3.63) is 23.2 Å². The zero-order valence-corrected chi connectivity index (χ0v) is 12.2. The molecule has 0 amide bonds. The lowest BCUT2D eigenvalue weighted by molar-refractivity contribution is 0.0659. The van der Waals surface area contributed by atoms with Crippen molar-refractivity contribution in [2.24, 2.45) is 5.92 Å². The van der Waals surface area contributed by atoms with Crippen molar-refractivity contribution in [2.75, 3.05) is 6.54 Å².